The Morgan fingerprint density at radius 3 is 2.62 bits per heavy atom. The Morgan fingerprint density at radius 2 is 2.00 bits per heavy atom. The number of pyridine rings is 1. The number of alkyl halides is 3. The fourth-order valence-corrected chi connectivity index (χ4v) is 2.93. The molecule has 0 saturated heterocycles. The van der Waals surface area contributed by atoms with Gasteiger partial charge in [-0.2, -0.15) is 18.3 Å². The third-order valence-electron chi connectivity index (χ3n) is 4.36. The number of hydrogen-bond donors (Lipinski definition) is 2. The second kappa shape index (κ2) is 6.66. The van der Waals surface area contributed by atoms with Crippen molar-refractivity contribution < 1.29 is 27.5 Å². The average molecular weight is 402 g/mol. The molecule has 0 atom stereocenters. The lowest BCUT2D eigenvalue weighted by atomic mass is 10.1. The highest BCUT2D eigenvalue weighted by molar-refractivity contribution is 5.93. The van der Waals surface area contributed by atoms with E-state index >= 15 is 0 Å². The summed E-state index contributed by atoms with van der Waals surface area (Å²) in [5, 5.41) is 13.9. The first-order valence-electron chi connectivity index (χ1n) is 8.33. The van der Waals surface area contributed by atoms with Crippen molar-refractivity contribution in [3.8, 4) is 11.3 Å². The number of nitrogen functional groups attached to an aromatic ring is 1. The molecular formula is C19H13F3N4O3. The summed E-state index contributed by atoms with van der Waals surface area (Å²) >= 11 is 0. The van der Waals surface area contributed by atoms with Crippen molar-refractivity contribution in [2.24, 2.45) is 0 Å². The average Bonchev–Trinajstić information content (AvgIpc) is 3.27. The molecule has 4 rings (SSSR count). The molecular weight excluding hydrogens is 389 g/mol. The van der Waals surface area contributed by atoms with E-state index in [1.54, 1.807) is 22.9 Å². The predicted molar refractivity (Wildman–Crippen MR) is 97.1 cm³/mol. The molecule has 0 aliphatic rings. The molecule has 0 aliphatic carbocycles. The van der Waals surface area contributed by atoms with E-state index in [1.807, 2.05) is 0 Å². The number of rotatable bonds is 4. The molecule has 1 aromatic carbocycles. The van der Waals surface area contributed by atoms with Gasteiger partial charge in [-0.05, 0) is 29.8 Å². The van der Waals surface area contributed by atoms with Crippen molar-refractivity contribution >= 4 is 22.7 Å². The fraction of sp³-hybridized carbons (Fsp3) is 0.105. The van der Waals surface area contributed by atoms with Crippen molar-refractivity contribution in [2.45, 2.75) is 12.7 Å². The number of carbonyl (C=O) groups is 1. The molecule has 3 heterocycles. The van der Waals surface area contributed by atoms with Crippen LogP contribution in [0.3, 0.4) is 0 Å². The van der Waals surface area contributed by atoms with Gasteiger partial charge in [0.25, 0.3) is 0 Å². The molecule has 0 aliphatic heterocycles. The Kier molecular flexibility index (Phi) is 4.26. The van der Waals surface area contributed by atoms with E-state index in [2.05, 4.69) is 10.1 Å². The summed E-state index contributed by atoms with van der Waals surface area (Å²) in [7, 11) is 0. The van der Waals surface area contributed by atoms with Crippen molar-refractivity contribution in [2.75, 3.05) is 5.73 Å². The maximum absolute atomic E-state index is 12.7. The van der Waals surface area contributed by atoms with Crippen LogP contribution in [0.15, 0.2) is 53.3 Å². The number of benzene rings is 1. The summed E-state index contributed by atoms with van der Waals surface area (Å²) in [6.07, 6.45) is -2.22. The van der Waals surface area contributed by atoms with E-state index in [4.69, 9.17) is 15.3 Å². The number of halogens is 3. The number of furan rings is 1. The number of nitrogens with zero attached hydrogens (tertiary/aromatic N) is 3. The van der Waals surface area contributed by atoms with Gasteiger partial charge in [0.05, 0.1) is 17.6 Å². The van der Waals surface area contributed by atoms with Crippen LogP contribution in [0.2, 0.25) is 0 Å². The summed E-state index contributed by atoms with van der Waals surface area (Å²) in [6, 6.07) is 8.79. The molecule has 7 nitrogen and oxygen atoms in total. The maximum Gasteiger partial charge on any atom is 0.433 e. The summed E-state index contributed by atoms with van der Waals surface area (Å²) in [5.74, 6) is -0.492. The Hall–Kier alpha value is -3.82. The highest BCUT2D eigenvalue weighted by Gasteiger charge is 2.32. The summed E-state index contributed by atoms with van der Waals surface area (Å²) in [6.45, 7) is 0.154. The predicted octanol–water partition coefficient (Wildman–Crippen LogP) is 4.04. The monoisotopic (exact) mass is 402 g/mol. The van der Waals surface area contributed by atoms with Crippen molar-refractivity contribution in [1.82, 2.24) is 14.8 Å². The van der Waals surface area contributed by atoms with E-state index in [0.717, 1.165) is 18.5 Å². The van der Waals surface area contributed by atoms with E-state index < -0.39 is 17.8 Å². The van der Waals surface area contributed by atoms with Crippen LogP contribution >= 0.6 is 0 Å². The zero-order valence-corrected chi connectivity index (χ0v) is 14.6. The lowest BCUT2D eigenvalue weighted by molar-refractivity contribution is -0.141. The van der Waals surface area contributed by atoms with Crippen molar-refractivity contribution in [3.63, 3.8) is 0 Å². The fourth-order valence-electron chi connectivity index (χ4n) is 2.93. The zero-order chi connectivity index (χ0) is 20.8. The van der Waals surface area contributed by atoms with Crippen LogP contribution in [0.5, 0.6) is 0 Å². The molecule has 10 heteroatoms. The van der Waals surface area contributed by atoms with Gasteiger partial charge < -0.3 is 15.3 Å². The van der Waals surface area contributed by atoms with Gasteiger partial charge in [-0.1, -0.05) is 12.1 Å². The molecule has 3 aromatic heterocycles. The highest BCUT2D eigenvalue weighted by Crippen LogP contribution is 2.30. The maximum atomic E-state index is 12.7. The van der Waals surface area contributed by atoms with Gasteiger partial charge >= 0.3 is 12.1 Å². The quantitative estimate of drug-likeness (QED) is 0.534. The first-order chi connectivity index (χ1) is 13.7. The standard InChI is InChI=1S/C19H13F3N4O3/c20-19(21,22)16-4-1-10(7-24-16)8-26-14-5-11(2-3-13(14)17(23)25-26)15-6-12(9-29-15)18(27)28/h1-7,9H,8H2,(H2,23,25)(H,27,28). The van der Waals surface area contributed by atoms with Crippen LogP contribution in [-0.2, 0) is 12.7 Å². The number of aromatic carboxylic acids is 1. The third-order valence-corrected chi connectivity index (χ3v) is 4.36. The van der Waals surface area contributed by atoms with E-state index in [0.29, 0.717) is 27.8 Å². The number of carboxylic acid groups (broad SMARTS) is 1. The van der Waals surface area contributed by atoms with E-state index in [9.17, 15) is 18.0 Å². The smallest absolute Gasteiger partial charge is 0.433 e. The molecule has 148 valence electrons. The van der Waals surface area contributed by atoms with Crippen LogP contribution in [0, 0.1) is 0 Å². The first-order valence-corrected chi connectivity index (χ1v) is 8.33. The lowest BCUT2D eigenvalue weighted by Gasteiger charge is -2.07. The number of aromatic nitrogens is 3. The normalized spacial score (nSPS) is 11.8. The number of nitrogens with two attached hydrogens (primary N) is 1. The van der Waals surface area contributed by atoms with Crippen LogP contribution in [0.1, 0.15) is 21.6 Å². The molecule has 3 N–H and O–H groups in total. The second-order valence-corrected chi connectivity index (χ2v) is 6.33. The molecule has 0 unspecified atom stereocenters. The first kappa shape index (κ1) is 18.5. The molecule has 0 amide bonds. The lowest BCUT2D eigenvalue weighted by Crippen LogP contribution is -2.09. The number of anilines is 1. The molecule has 0 fully saturated rings. The number of fused-ring (bicyclic) bond motifs is 1. The molecule has 0 spiro atoms. The summed E-state index contributed by atoms with van der Waals surface area (Å²) in [4.78, 5) is 14.5. The van der Waals surface area contributed by atoms with Crippen molar-refractivity contribution in [1.29, 1.82) is 0 Å². The SMILES string of the molecule is Nc1nn(Cc2ccc(C(F)(F)F)nc2)c2cc(-c3cc(C(=O)O)co3)ccc12. The second-order valence-electron chi connectivity index (χ2n) is 6.33. The van der Waals surface area contributed by atoms with Crippen LogP contribution in [0.25, 0.3) is 22.2 Å². The third kappa shape index (κ3) is 3.51. The van der Waals surface area contributed by atoms with Crippen molar-refractivity contribution in [3.05, 3.63) is 65.7 Å². The summed E-state index contributed by atoms with van der Waals surface area (Å²) < 4.78 is 44.9. The zero-order valence-electron chi connectivity index (χ0n) is 14.6. The van der Waals surface area contributed by atoms with Crippen LogP contribution < -0.4 is 5.73 Å². The highest BCUT2D eigenvalue weighted by atomic mass is 19.4. The minimum Gasteiger partial charge on any atom is -0.478 e. The Balaban J connectivity index is 1.70. The molecule has 29 heavy (non-hydrogen) atoms. The van der Waals surface area contributed by atoms with E-state index in [-0.39, 0.29) is 17.9 Å². The van der Waals surface area contributed by atoms with Gasteiger partial charge in [0.1, 0.15) is 17.7 Å². The minimum absolute atomic E-state index is 0.0175. The number of hydrogen-bond acceptors (Lipinski definition) is 5. The van der Waals surface area contributed by atoms with Gasteiger partial charge in [0.2, 0.25) is 0 Å². The topological polar surface area (TPSA) is 107 Å². The molecule has 0 radical (unpaired) electrons. The summed E-state index contributed by atoms with van der Waals surface area (Å²) in [5.41, 5.74) is 6.73. The van der Waals surface area contributed by atoms with Gasteiger partial charge in [-0.25, -0.2) is 4.79 Å². The number of carboxylic acids is 1. The molecule has 0 saturated carbocycles. The van der Waals surface area contributed by atoms with Gasteiger partial charge in [0.15, 0.2) is 5.82 Å². The Bertz CT molecular complexity index is 1210. The van der Waals surface area contributed by atoms with Gasteiger partial charge in [-0.3, -0.25) is 9.67 Å². The molecule has 4 aromatic rings. The Morgan fingerprint density at radius 1 is 1.21 bits per heavy atom. The van der Waals surface area contributed by atoms with Crippen LogP contribution in [-0.4, -0.2) is 25.8 Å². The minimum atomic E-state index is -4.51. The van der Waals surface area contributed by atoms with Gasteiger partial charge in [-0.15, -0.1) is 0 Å². The van der Waals surface area contributed by atoms with Crippen LogP contribution in [0.4, 0.5) is 19.0 Å². The van der Waals surface area contributed by atoms with E-state index in [1.165, 1.54) is 12.1 Å². The molecule has 0 bridgehead atoms. The largest absolute Gasteiger partial charge is 0.478 e. The van der Waals surface area contributed by atoms with Gasteiger partial charge in [0, 0.05) is 17.1 Å². The Labute approximate surface area is 161 Å².